The van der Waals surface area contributed by atoms with Crippen LogP contribution in [0.2, 0.25) is 0 Å². The van der Waals surface area contributed by atoms with Crippen LogP contribution in [0.4, 0.5) is 0 Å². The molecule has 3 heteroatoms. The first-order valence-corrected chi connectivity index (χ1v) is 10.0. The Bertz CT molecular complexity index is 459. The van der Waals surface area contributed by atoms with Gasteiger partial charge in [-0.15, -0.1) is 0 Å². The molecule has 0 aromatic heterocycles. The monoisotopic (exact) mass is 464 g/mol. The van der Waals surface area contributed by atoms with Crippen LogP contribution in [0.15, 0.2) is 40.1 Å². The summed E-state index contributed by atoms with van der Waals surface area (Å²) in [5, 5.41) is 0. The Morgan fingerprint density at radius 1 is 0.579 bits per heavy atom. The van der Waals surface area contributed by atoms with Crippen molar-refractivity contribution in [1.29, 1.82) is 0 Å². The van der Waals surface area contributed by atoms with Crippen LogP contribution in [0, 0.1) is 0 Å². The molecule has 0 atom stereocenters. The molecule has 0 unspecified atom stereocenters. The Morgan fingerprint density at radius 3 is 1.11 bits per heavy atom. The van der Waals surface area contributed by atoms with Crippen LogP contribution in [0.25, 0.3) is 0 Å². The van der Waals surface area contributed by atoms with E-state index in [0.717, 1.165) is 0 Å². The van der Waals surface area contributed by atoms with E-state index in [-0.39, 0.29) is 24.8 Å². The Labute approximate surface area is 141 Å². The summed E-state index contributed by atoms with van der Waals surface area (Å²) in [7, 11) is 0. The molecule has 0 nitrogen and oxygen atoms in total. The van der Waals surface area contributed by atoms with Crippen molar-refractivity contribution in [1.82, 2.24) is 0 Å². The van der Waals surface area contributed by atoms with E-state index < -0.39 is 22.9 Å². The van der Waals surface area contributed by atoms with Crippen LogP contribution in [-0.2, 0) is 22.9 Å². The van der Waals surface area contributed by atoms with Crippen molar-refractivity contribution in [3.63, 3.8) is 0 Å². The average molecular weight is 464 g/mol. The Morgan fingerprint density at radius 2 is 0.895 bits per heavy atom. The van der Waals surface area contributed by atoms with Gasteiger partial charge in [-0.2, -0.15) is 0 Å². The van der Waals surface area contributed by atoms with E-state index in [4.69, 9.17) is 0 Å². The summed E-state index contributed by atoms with van der Waals surface area (Å²) in [6.45, 7) is 14.0. The quantitative estimate of drug-likeness (QED) is 0.466. The van der Waals surface area contributed by atoms with Crippen LogP contribution in [0.5, 0.6) is 0 Å². The molecule has 2 aliphatic rings. The zero-order chi connectivity index (χ0) is 12.7. The molecule has 0 N–H and O–H groups in total. The zero-order valence-electron chi connectivity index (χ0n) is 12.7. The van der Waals surface area contributed by atoms with Gasteiger partial charge in [0, 0.05) is 0 Å². The SMILES string of the molecule is CC1=C(C)[C]([Hf+2][C]2=C(C)CC(C)=C2C)=C(C)C1.[Cl-].[Cl-]. The molecule has 2 aliphatic carbocycles. The standard InChI is InChI=1S/2C8H11.2ClH.Hf/c2*1-6-4-7(2)8(3)5-6;;;/h2*4H2,1-3H3;2*1H;/q;;;;+2/p-2. The van der Waals surface area contributed by atoms with Gasteiger partial charge in [0.2, 0.25) is 0 Å². The minimum Gasteiger partial charge on any atom is -1.00 e. The van der Waals surface area contributed by atoms with Crippen LogP contribution < -0.4 is 24.8 Å². The van der Waals surface area contributed by atoms with Gasteiger partial charge in [0.25, 0.3) is 0 Å². The predicted molar refractivity (Wildman–Crippen MR) is 71.4 cm³/mol. The van der Waals surface area contributed by atoms with E-state index in [9.17, 15) is 0 Å². The first-order valence-electron chi connectivity index (χ1n) is 6.41. The minimum absolute atomic E-state index is 0. The van der Waals surface area contributed by atoms with Crippen LogP contribution >= 0.6 is 0 Å². The molecule has 0 spiro atoms. The van der Waals surface area contributed by atoms with Crippen molar-refractivity contribution in [3.05, 3.63) is 40.1 Å². The smallest absolute Gasteiger partial charge is 1.00 e. The van der Waals surface area contributed by atoms with E-state index in [1.165, 1.54) is 12.8 Å². The van der Waals surface area contributed by atoms with Crippen LogP contribution in [-0.4, -0.2) is 0 Å². The molecule has 0 aromatic carbocycles. The molecule has 104 valence electrons. The molecule has 0 fully saturated rings. The van der Waals surface area contributed by atoms with E-state index in [0.29, 0.717) is 0 Å². The second-order valence-electron chi connectivity index (χ2n) is 5.60. The molecule has 2 rings (SSSR count). The number of allylic oxidation sites excluding steroid dienone is 8. The summed E-state index contributed by atoms with van der Waals surface area (Å²) < 4.78 is 3.59. The maximum atomic E-state index is 2.35. The van der Waals surface area contributed by atoms with Gasteiger partial charge in [0.05, 0.1) is 0 Å². The van der Waals surface area contributed by atoms with Crippen molar-refractivity contribution in [3.8, 4) is 0 Å². The number of halogens is 2. The molecule has 0 amide bonds. The third kappa shape index (κ3) is 3.74. The fraction of sp³-hybridized carbons (Fsp3) is 0.500. The molecule has 0 aromatic rings. The molecule has 0 saturated carbocycles. The number of rotatable bonds is 2. The normalized spacial score (nSPS) is 18.8. The largest absolute Gasteiger partial charge is 1.00 e. The second kappa shape index (κ2) is 7.43. The molecule has 0 heterocycles. The van der Waals surface area contributed by atoms with Crippen molar-refractivity contribution in [2.45, 2.75) is 54.4 Å². The van der Waals surface area contributed by atoms with Gasteiger partial charge in [-0.05, 0) is 0 Å². The molecule has 0 aliphatic heterocycles. The van der Waals surface area contributed by atoms with E-state index in [1.54, 1.807) is 40.1 Å². The first kappa shape index (κ1) is 19.4. The van der Waals surface area contributed by atoms with Gasteiger partial charge in [-0.25, -0.2) is 0 Å². The van der Waals surface area contributed by atoms with Gasteiger partial charge in [0.15, 0.2) is 0 Å². The van der Waals surface area contributed by atoms with Crippen LogP contribution in [0.3, 0.4) is 0 Å². The summed E-state index contributed by atoms with van der Waals surface area (Å²) in [5.74, 6) is 0. The third-order valence-corrected chi connectivity index (χ3v) is 11.8. The third-order valence-electron chi connectivity index (χ3n) is 4.19. The Kier molecular flexibility index (Phi) is 7.59. The Balaban J connectivity index is 0.00000162. The van der Waals surface area contributed by atoms with Crippen molar-refractivity contribution >= 4 is 0 Å². The summed E-state index contributed by atoms with van der Waals surface area (Å²) in [6, 6.07) is 0. The second-order valence-corrected chi connectivity index (χ2v) is 10.1. The summed E-state index contributed by atoms with van der Waals surface area (Å²) in [6.07, 6.45) is 2.48. The van der Waals surface area contributed by atoms with Gasteiger partial charge in [-0.1, -0.05) is 0 Å². The Hall–Kier alpha value is 0.410. The molecule has 0 saturated heterocycles. The number of hydrogen-bond acceptors (Lipinski definition) is 0. The van der Waals surface area contributed by atoms with Gasteiger partial charge < -0.3 is 24.8 Å². The van der Waals surface area contributed by atoms with Gasteiger partial charge in [0.1, 0.15) is 0 Å². The molecular formula is C16H22Cl2Hf. The zero-order valence-corrected chi connectivity index (χ0v) is 17.8. The van der Waals surface area contributed by atoms with Crippen molar-refractivity contribution in [2.24, 2.45) is 0 Å². The van der Waals surface area contributed by atoms with Gasteiger partial charge >= 0.3 is 117 Å². The molecule has 0 bridgehead atoms. The maximum Gasteiger partial charge on any atom is -1.00 e. The molecule has 0 radical (unpaired) electrons. The molecular weight excluding hydrogens is 442 g/mol. The van der Waals surface area contributed by atoms with Crippen LogP contribution in [0.1, 0.15) is 54.4 Å². The van der Waals surface area contributed by atoms with Gasteiger partial charge in [-0.3, -0.25) is 0 Å². The fourth-order valence-electron chi connectivity index (χ4n) is 2.83. The summed E-state index contributed by atoms with van der Waals surface area (Å²) in [5.41, 5.74) is 9.81. The van der Waals surface area contributed by atoms with Crippen molar-refractivity contribution in [2.75, 3.05) is 0 Å². The summed E-state index contributed by atoms with van der Waals surface area (Å²) in [4.78, 5) is 0. The fourth-order valence-corrected chi connectivity index (χ4v) is 8.78. The predicted octanol–water partition coefficient (Wildman–Crippen LogP) is -0.895. The van der Waals surface area contributed by atoms with Crippen molar-refractivity contribution < 1.29 is 47.7 Å². The van der Waals surface area contributed by atoms with E-state index in [2.05, 4.69) is 41.5 Å². The minimum atomic E-state index is -0.807. The van der Waals surface area contributed by atoms with E-state index in [1.807, 2.05) is 0 Å². The maximum absolute atomic E-state index is 2.35. The number of hydrogen-bond donors (Lipinski definition) is 0. The first-order chi connectivity index (χ1) is 7.91. The topological polar surface area (TPSA) is 0 Å². The summed E-state index contributed by atoms with van der Waals surface area (Å²) >= 11 is -0.807. The average Bonchev–Trinajstić information content (AvgIpc) is 2.62. The molecule has 19 heavy (non-hydrogen) atoms. The van der Waals surface area contributed by atoms with E-state index >= 15 is 0 Å².